The Bertz CT molecular complexity index is 491. The molecule has 1 rings (SSSR count). The molecule has 0 saturated heterocycles. The van der Waals surface area contributed by atoms with E-state index in [1.54, 1.807) is 0 Å². The van der Waals surface area contributed by atoms with Gasteiger partial charge in [-0.1, -0.05) is 44.2 Å². The molecule has 6 heteroatoms. The Morgan fingerprint density at radius 3 is 2.35 bits per heavy atom. The zero-order chi connectivity index (χ0) is 17.2. The molecule has 128 valence electrons. The van der Waals surface area contributed by atoms with Gasteiger partial charge in [-0.05, 0) is 24.3 Å². The van der Waals surface area contributed by atoms with E-state index in [9.17, 15) is 14.7 Å². The molecule has 1 aromatic rings. The second kappa shape index (κ2) is 9.84. The summed E-state index contributed by atoms with van der Waals surface area (Å²) in [5.74, 6) is -0.883. The zero-order valence-corrected chi connectivity index (χ0v) is 13.7. The summed E-state index contributed by atoms with van der Waals surface area (Å²) in [5.41, 5.74) is 1.08. The summed E-state index contributed by atoms with van der Waals surface area (Å²) in [6.07, 6.45) is 1.02. The predicted molar refractivity (Wildman–Crippen MR) is 88.2 cm³/mol. The fourth-order valence-electron chi connectivity index (χ4n) is 2.28. The van der Waals surface area contributed by atoms with E-state index in [0.717, 1.165) is 5.56 Å². The van der Waals surface area contributed by atoms with Gasteiger partial charge in [0.2, 0.25) is 0 Å². The molecule has 3 N–H and O–H groups in total. The van der Waals surface area contributed by atoms with Crippen LogP contribution in [0, 0.1) is 5.92 Å². The first-order valence-electron chi connectivity index (χ1n) is 7.87. The van der Waals surface area contributed by atoms with Crippen molar-refractivity contribution in [3.8, 4) is 0 Å². The quantitative estimate of drug-likeness (QED) is 0.646. The highest BCUT2D eigenvalue weighted by Gasteiger charge is 2.23. The van der Waals surface area contributed by atoms with Crippen molar-refractivity contribution in [2.24, 2.45) is 5.92 Å². The van der Waals surface area contributed by atoms with E-state index in [-0.39, 0.29) is 19.1 Å². The summed E-state index contributed by atoms with van der Waals surface area (Å²) in [7, 11) is 0. The van der Waals surface area contributed by atoms with Crippen LogP contribution in [0.15, 0.2) is 30.3 Å². The minimum atomic E-state index is -1.04. The van der Waals surface area contributed by atoms with Gasteiger partial charge in [-0.25, -0.2) is 9.59 Å². The SMILES string of the molecule is CC(C)CC(NC(=O)N(CCO)CCc1ccccc1)C(=O)O. The first kappa shape index (κ1) is 19.0. The normalized spacial score (nSPS) is 12.0. The van der Waals surface area contributed by atoms with E-state index in [0.29, 0.717) is 19.4 Å². The number of carboxylic acid groups (broad SMARTS) is 1. The van der Waals surface area contributed by atoms with Gasteiger partial charge in [0.1, 0.15) is 6.04 Å². The first-order valence-corrected chi connectivity index (χ1v) is 7.87. The first-order chi connectivity index (χ1) is 10.9. The summed E-state index contributed by atoms with van der Waals surface area (Å²) in [6.45, 7) is 4.24. The number of nitrogens with one attached hydrogen (secondary N) is 1. The lowest BCUT2D eigenvalue weighted by Gasteiger charge is -2.25. The summed E-state index contributed by atoms with van der Waals surface area (Å²) in [5, 5.41) is 20.9. The third-order valence-corrected chi connectivity index (χ3v) is 3.47. The van der Waals surface area contributed by atoms with Gasteiger partial charge in [0.15, 0.2) is 0 Å². The van der Waals surface area contributed by atoms with Crippen molar-refractivity contribution >= 4 is 12.0 Å². The predicted octanol–water partition coefficient (Wildman–Crippen LogP) is 1.73. The number of urea groups is 1. The minimum absolute atomic E-state index is 0.159. The number of aliphatic carboxylic acids is 1. The topological polar surface area (TPSA) is 89.9 Å². The third-order valence-electron chi connectivity index (χ3n) is 3.47. The molecule has 0 bridgehead atoms. The highest BCUT2D eigenvalue weighted by atomic mass is 16.4. The number of aliphatic hydroxyl groups is 1. The van der Waals surface area contributed by atoms with Crippen LogP contribution in [-0.4, -0.2) is 52.9 Å². The summed E-state index contributed by atoms with van der Waals surface area (Å²) >= 11 is 0. The van der Waals surface area contributed by atoms with Crippen molar-refractivity contribution < 1.29 is 19.8 Å². The Hall–Kier alpha value is -2.08. The van der Waals surface area contributed by atoms with Gasteiger partial charge in [0.05, 0.1) is 6.61 Å². The zero-order valence-electron chi connectivity index (χ0n) is 13.7. The molecule has 0 fully saturated rings. The molecule has 0 aliphatic carbocycles. The second-order valence-electron chi connectivity index (χ2n) is 5.92. The Kier molecular flexibility index (Phi) is 8.11. The number of rotatable bonds is 9. The molecule has 6 nitrogen and oxygen atoms in total. The van der Waals surface area contributed by atoms with Gasteiger partial charge in [-0.2, -0.15) is 0 Å². The second-order valence-corrected chi connectivity index (χ2v) is 5.92. The van der Waals surface area contributed by atoms with Crippen LogP contribution in [0.4, 0.5) is 4.79 Å². The molecule has 0 saturated carbocycles. The van der Waals surface area contributed by atoms with Gasteiger partial charge in [-0.15, -0.1) is 0 Å². The minimum Gasteiger partial charge on any atom is -0.480 e. The third kappa shape index (κ3) is 7.15. The fourth-order valence-corrected chi connectivity index (χ4v) is 2.28. The molecule has 1 aromatic carbocycles. The maximum absolute atomic E-state index is 12.3. The number of nitrogens with zero attached hydrogens (tertiary/aromatic N) is 1. The molecule has 1 unspecified atom stereocenters. The Morgan fingerprint density at radius 2 is 1.83 bits per heavy atom. The maximum atomic E-state index is 12.3. The number of amides is 2. The number of carbonyl (C=O) groups is 2. The number of hydrogen-bond acceptors (Lipinski definition) is 3. The molecular formula is C17H26N2O4. The smallest absolute Gasteiger partial charge is 0.326 e. The monoisotopic (exact) mass is 322 g/mol. The molecule has 2 amide bonds. The van der Waals surface area contributed by atoms with E-state index in [1.807, 2.05) is 44.2 Å². The number of hydrogen-bond donors (Lipinski definition) is 3. The van der Waals surface area contributed by atoms with Crippen molar-refractivity contribution in [1.82, 2.24) is 10.2 Å². The average molecular weight is 322 g/mol. The van der Waals surface area contributed by atoms with Crippen LogP contribution in [0.1, 0.15) is 25.8 Å². The van der Waals surface area contributed by atoms with Crippen LogP contribution in [0.3, 0.4) is 0 Å². The lowest BCUT2D eigenvalue weighted by molar-refractivity contribution is -0.139. The van der Waals surface area contributed by atoms with Crippen LogP contribution < -0.4 is 5.32 Å². The molecule has 0 spiro atoms. The number of carboxylic acids is 1. The highest BCUT2D eigenvalue weighted by molar-refractivity contribution is 5.82. The lowest BCUT2D eigenvalue weighted by atomic mass is 10.0. The molecular weight excluding hydrogens is 296 g/mol. The van der Waals surface area contributed by atoms with Gasteiger partial charge in [0, 0.05) is 13.1 Å². The number of carbonyl (C=O) groups excluding carboxylic acids is 1. The molecule has 1 atom stereocenters. The largest absolute Gasteiger partial charge is 0.480 e. The van der Waals surface area contributed by atoms with Crippen LogP contribution in [0.5, 0.6) is 0 Å². The van der Waals surface area contributed by atoms with Crippen molar-refractivity contribution in [2.75, 3.05) is 19.7 Å². The van der Waals surface area contributed by atoms with E-state index < -0.39 is 18.0 Å². The van der Waals surface area contributed by atoms with Crippen LogP contribution >= 0.6 is 0 Å². The molecule has 0 aliphatic heterocycles. The Labute approximate surface area is 137 Å². The van der Waals surface area contributed by atoms with Crippen molar-refractivity contribution in [3.63, 3.8) is 0 Å². The molecule has 0 heterocycles. The molecule has 23 heavy (non-hydrogen) atoms. The van der Waals surface area contributed by atoms with Crippen molar-refractivity contribution in [3.05, 3.63) is 35.9 Å². The lowest BCUT2D eigenvalue weighted by Crippen LogP contribution is -2.49. The van der Waals surface area contributed by atoms with Gasteiger partial charge < -0.3 is 20.4 Å². The van der Waals surface area contributed by atoms with Gasteiger partial charge in [-0.3, -0.25) is 0 Å². The van der Waals surface area contributed by atoms with Crippen LogP contribution in [0.25, 0.3) is 0 Å². The molecule has 0 radical (unpaired) electrons. The van der Waals surface area contributed by atoms with E-state index in [2.05, 4.69) is 5.32 Å². The van der Waals surface area contributed by atoms with Crippen molar-refractivity contribution in [2.45, 2.75) is 32.7 Å². The summed E-state index contributed by atoms with van der Waals surface area (Å²) < 4.78 is 0. The van der Waals surface area contributed by atoms with E-state index in [4.69, 9.17) is 5.11 Å². The highest BCUT2D eigenvalue weighted by Crippen LogP contribution is 2.07. The number of aliphatic hydroxyl groups excluding tert-OH is 1. The van der Waals surface area contributed by atoms with Gasteiger partial charge in [0.25, 0.3) is 0 Å². The van der Waals surface area contributed by atoms with Gasteiger partial charge >= 0.3 is 12.0 Å². The van der Waals surface area contributed by atoms with E-state index >= 15 is 0 Å². The van der Waals surface area contributed by atoms with E-state index in [1.165, 1.54) is 4.90 Å². The molecule has 0 aromatic heterocycles. The Morgan fingerprint density at radius 1 is 1.17 bits per heavy atom. The van der Waals surface area contributed by atoms with Crippen molar-refractivity contribution in [1.29, 1.82) is 0 Å². The summed E-state index contributed by atoms with van der Waals surface area (Å²) in [4.78, 5) is 25.0. The molecule has 0 aliphatic rings. The summed E-state index contributed by atoms with van der Waals surface area (Å²) in [6, 6.07) is 8.33. The van der Waals surface area contributed by atoms with Crippen LogP contribution in [-0.2, 0) is 11.2 Å². The maximum Gasteiger partial charge on any atom is 0.326 e. The number of benzene rings is 1. The standard InChI is InChI=1S/C17H26N2O4/c1-13(2)12-15(16(21)22)18-17(23)19(10-11-20)9-8-14-6-4-3-5-7-14/h3-7,13,15,20H,8-12H2,1-2H3,(H,18,23)(H,21,22). The Balaban J connectivity index is 2.63. The van der Waals surface area contributed by atoms with Crippen LogP contribution in [0.2, 0.25) is 0 Å². The average Bonchev–Trinajstić information content (AvgIpc) is 2.51. The fraction of sp³-hybridized carbons (Fsp3) is 0.529.